The van der Waals surface area contributed by atoms with Gasteiger partial charge in [-0.3, -0.25) is 0 Å². The van der Waals surface area contributed by atoms with Gasteiger partial charge in [-0.1, -0.05) is 37.3 Å². The van der Waals surface area contributed by atoms with Crippen molar-refractivity contribution in [2.24, 2.45) is 5.41 Å². The SMILES string of the molecule is C[C@@]1(CO)C[C@@]1(O)c1ccccc1. The molecule has 1 saturated carbocycles. The molecule has 1 aromatic rings. The van der Waals surface area contributed by atoms with Gasteiger partial charge in [0.2, 0.25) is 0 Å². The lowest BCUT2D eigenvalue weighted by Crippen LogP contribution is -2.18. The molecule has 0 amide bonds. The summed E-state index contributed by atoms with van der Waals surface area (Å²) in [5.41, 5.74) is -0.233. The van der Waals surface area contributed by atoms with Gasteiger partial charge in [0, 0.05) is 5.41 Å². The maximum absolute atomic E-state index is 10.2. The zero-order chi connectivity index (χ0) is 9.53. The van der Waals surface area contributed by atoms with Crippen LogP contribution in [-0.4, -0.2) is 16.8 Å². The Kier molecular flexibility index (Phi) is 1.72. The van der Waals surface area contributed by atoms with Crippen molar-refractivity contribution in [2.45, 2.75) is 18.9 Å². The Morgan fingerprint density at radius 2 is 1.92 bits per heavy atom. The van der Waals surface area contributed by atoms with Crippen molar-refractivity contribution in [3.63, 3.8) is 0 Å². The van der Waals surface area contributed by atoms with E-state index in [0.717, 1.165) is 5.56 Å². The van der Waals surface area contributed by atoms with Gasteiger partial charge in [-0.05, 0) is 12.0 Å². The van der Waals surface area contributed by atoms with Crippen molar-refractivity contribution in [3.05, 3.63) is 35.9 Å². The molecule has 0 radical (unpaired) electrons. The number of hydrogen-bond donors (Lipinski definition) is 2. The number of aliphatic hydroxyl groups excluding tert-OH is 1. The van der Waals surface area contributed by atoms with E-state index in [1.807, 2.05) is 37.3 Å². The van der Waals surface area contributed by atoms with E-state index in [-0.39, 0.29) is 12.0 Å². The Labute approximate surface area is 77.8 Å². The smallest absolute Gasteiger partial charge is 0.0980 e. The number of hydrogen-bond acceptors (Lipinski definition) is 2. The van der Waals surface area contributed by atoms with Crippen LogP contribution in [0, 0.1) is 5.41 Å². The molecule has 0 aliphatic heterocycles. The first-order valence-corrected chi connectivity index (χ1v) is 4.51. The largest absolute Gasteiger partial charge is 0.396 e. The van der Waals surface area contributed by atoms with Gasteiger partial charge in [-0.15, -0.1) is 0 Å². The molecule has 2 nitrogen and oxygen atoms in total. The van der Waals surface area contributed by atoms with Crippen LogP contribution in [0.5, 0.6) is 0 Å². The quantitative estimate of drug-likeness (QED) is 0.716. The van der Waals surface area contributed by atoms with Gasteiger partial charge in [-0.2, -0.15) is 0 Å². The standard InChI is InChI=1S/C11H14O2/c1-10(8-12)7-11(10,13)9-5-3-2-4-6-9/h2-6,12-13H,7-8H2,1H3/t10-,11+/m0/s1. The van der Waals surface area contributed by atoms with Crippen LogP contribution in [0.4, 0.5) is 0 Å². The molecular weight excluding hydrogens is 164 g/mol. The van der Waals surface area contributed by atoms with E-state index in [9.17, 15) is 5.11 Å². The monoisotopic (exact) mass is 178 g/mol. The first-order chi connectivity index (χ1) is 6.12. The molecule has 0 unspecified atom stereocenters. The van der Waals surface area contributed by atoms with E-state index in [4.69, 9.17) is 5.11 Å². The van der Waals surface area contributed by atoms with Crippen LogP contribution < -0.4 is 0 Å². The highest BCUT2D eigenvalue weighted by atomic mass is 16.3. The summed E-state index contributed by atoms with van der Waals surface area (Å²) in [5, 5.41) is 19.3. The normalized spacial score (nSPS) is 37.5. The molecule has 2 atom stereocenters. The number of aliphatic hydroxyl groups is 2. The summed E-state index contributed by atoms with van der Waals surface area (Å²) in [6.07, 6.45) is 0.653. The molecule has 13 heavy (non-hydrogen) atoms. The average molecular weight is 178 g/mol. The van der Waals surface area contributed by atoms with Crippen molar-refractivity contribution in [2.75, 3.05) is 6.61 Å². The summed E-state index contributed by atoms with van der Waals surface area (Å²) in [5.74, 6) is 0. The molecule has 0 spiro atoms. The second-order valence-electron chi connectivity index (χ2n) is 4.12. The van der Waals surface area contributed by atoms with E-state index in [1.165, 1.54) is 0 Å². The van der Waals surface area contributed by atoms with Crippen LogP contribution in [0.1, 0.15) is 18.9 Å². The van der Waals surface area contributed by atoms with Crippen LogP contribution in [0.2, 0.25) is 0 Å². The van der Waals surface area contributed by atoms with E-state index in [0.29, 0.717) is 6.42 Å². The van der Waals surface area contributed by atoms with Gasteiger partial charge in [-0.25, -0.2) is 0 Å². The fourth-order valence-electron chi connectivity index (χ4n) is 1.87. The van der Waals surface area contributed by atoms with Crippen LogP contribution in [0.3, 0.4) is 0 Å². The van der Waals surface area contributed by atoms with Gasteiger partial charge < -0.3 is 10.2 Å². The van der Waals surface area contributed by atoms with Gasteiger partial charge in [0.05, 0.1) is 12.2 Å². The van der Waals surface area contributed by atoms with Crippen molar-refractivity contribution >= 4 is 0 Å². The van der Waals surface area contributed by atoms with Crippen molar-refractivity contribution < 1.29 is 10.2 Å². The molecular formula is C11H14O2. The average Bonchev–Trinajstić information content (AvgIpc) is 2.74. The lowest BCUT2D eigenvalue weighted by Gasteiger charge is -2.15. The third-order valence-corrected chi connectivity index (χ3v) is 3.12. The second-order valence-corrected chi connectivity index (χ2v) is 4.12. The zero-order valence-electron chi connectivity index (χ0n) is 7.70. The fourth-order valence-corrected chi connectivity index (χ4v) is 1.87. The summed E-state index contributed by atoms with van der Waals surface area (Å²) < 4.78 is 0. The minimum absolute atomic E-state index is 0.0401. The molecule has 0 bridgehead atoms. The van der Waals surface area contributed by atoms with E-state index in [1.54, 1.807) is 0 Å². The number of benzene rings is 1. The van der Waals surface area contributed by atoms with E-state index >= 15 is 0 Å². The molecule has 2 heteroatoms. The third kappa shape index (κ3) is 1.10. The molecule has 70 valence electrons. The Morgan fingerprint density at radius 3 is 2.38 bits per heavy atom. The van der Waals surface area contributed by atoms with Gasteiger partial charge >= 0.3 is 0 Å². The van der Waals surface area contributed by atoms with Crippen LogP contribution in [0.15, 0.2) is 30.3 Å². The van der Waals surface area contributed by atoms with E-state index in [2.05, 4.69) is 0 Å². The maximum atomic E-state index is 10.2. The minimum atomic E-state index is -0.803. The lowest BCUT2D eigenvalue weighted by molar-refractivity contribution is 0.0718. The van der Waals surface area contributed by atoms with E-state index < -0.39 is 5.60 Å². The van der Waals surface area contributed by atoms with Crippen molar-refractivity contribution in [1.82, 2.24) is 0 Å². The predicted molar refractivity (Wildman–Crippen MR) is 50.1 cm³/mol. The topological polar surface area (TPSA) is 40.5 Å². The highest BCUT2D eigenvalue weighted by molar-refractivity contribution is 5.33. The molecule has 1 fully saturated rings. The summed E-state index contributed by atoms with van der Waals surface area (Å²) in [4.78, 5) is 0. The minimum Gasteiger partial charge on any atom is -0.396 e. The number of rotatable bonds is 2. The summed E-state index contributed by atoms with van der Waals surface area (Å²) in [7, 11) is 0. The molecule has 1 aromatic carbocycles. The third-order valence-electron chi connectivity index (χ3n) is 3.12. The summed E-state index contributed by atoms with van der Waals surface area (Å²) in [6, 6.07) is 9.54. The molecule has 0 aromatic heterocycles. The van der Waals surface area contributed by atoms with Gasteiger partial charge in [0.1, 0.15) is 0 Å². The lowest BCUT2D eigenvalue weighted by atomic mass is 9.98. The first kappa shape index (κ1) is 8.73. The highest BCUT2D eigenvalue weighted by Gasteiger charge is 2.64. The molecule has 2 N–H and O–H groups in total. The van der Waals surface area contributed by atoms with Crippen LogP contribution >= 0.6 is 0 Å². The molecule has 2 rings (SSSR count). The summed E-state index contributed by atoms with van der Waals surface area (Å²) >= 11 is 0. The predicted octanol–water partition coefficient (Wildman–Crippen LogP) is 1.28. The first-order valence-electron chi connectivity index (χ1n) is 4.51. The second kappa shape index (κ2) is 2.56. The zero-order valence-corrected chi connectivity index (χ0v) is 7.70. The van der Waals surface area contributed by atoms with Gasteiger partial charge in [0.15, 0.2) is 0 Å². The molecule has 1 aliphatic rings. The van der Waals surface area contributed by atoms with Crippen LogP contribution in [0.25, 0.3) is 0 Å². The van der Waals surface area contributed by atoms with Gasteiger partial charge in [0.25, 0.3) is 0 Å². The molecule has 0 saturated heterocycles. The Balaban J connectivity index is 2.30. The Morgan fingerprint density at radius 1 is 1.31 bits per heavy atom. The Bertz CT molecular complexity index is 309. The maximum Gasteiger partial charge on any atom is 0.0980 e. The molecule has 1 aliphatic carbocycles. The highest BCUT2D eigenvalue weighted by Crippen LogP contribution is 2.62. The van der Waals surface area contributed by atoms with Crippen molar-refractivity contribution in [1.29, 1.82) is 0 Å². The van der Waals surface area contributed by atoms with Crippen molar-refractivity contribution in [3.8, 4) is 0 Å². The fraction of sp³-hybridized carbons (Fsp3) is 0.455. The summed E-state index contributed by atoms with van der Waals surface area (Å²) in [6.45, 7) is 1.94. The molecule has 0 heterocycles. The van der Waals surface area contributed by atoms with Crippen LogP contribution in [-0.2, 0) is 5.60 Å². The Hall–Kier alpha value is -0.860.